The Kier molecular flexibility index (Phi) is 5.50. The second kappa shape index (κ2) is 7.69. The summed E-state index contributed by atoms with van der Waals surface area (Å²) in [4.78, 5) is 15.5. The summed E-state index contributed by atoms with van der Waals surface area (Å²) in [5.41, 5.74) is 1.25. The minimum atomic E-state index is -3.67. The maximum absolute atomic E-state index is 12.9. The molecule has 4 aliphatic carbocycles. The Bertz CT molecular complexity index is 802. The average molecular weight is 454 g/mol. The van der Waals surface area contributed by atoms with E-state index in [1.165, 1.54) is 77.3 Å². The first-order valence-corrected chi connectivity index (χ1v) is 14.3. The number of nitrogens with zero attached hydrogens (tertiary/aromatic N) is 1. The molecule has 0 radical (unpaired) electrons. The van der Waals surface area contributed by atoms with Crippen molar-refractivity contribution in [3.05, 3.63) is 0 Å². The van der Waals surface area contributed by atoms with E-state index in [4.69, 9.17) is 9.29 Å². The molecule has 4 saturated carbocycles. The lowest BCUT2D eigenvalue weighted by atomic mass is 9.73. The Labute approximate surface area is 187 Å². The van der Waals surface area contributed by atoms with Gasteiger partial charge in [0.15, 0.2) is 0 Å². The van der Waals surface area contributed by atoms with Crippen LogP contribution in [0.15, 0.2) is 0 Å². The van der Waals surface area contributed by atoms with Crippen molar-refractivity contribution in [3.8, 4) is 0 Å². The van der Waals surface area contributed by atoms with Crippen LogP contribution in [0.25, 0.3) is 0 Å². The number of piperidine rings is 1. The highest BCUT2D eigenvalue weighted by Gasteiger charge is 2.69. The van der Waals surface area contributed by atoms with E-state index in [0.29, 0.717) is 28.9 Å². The van der Waals surface area contributed by atoms with Gasteiger partial charge >= 0.3 is 5.97 Å². The zero-order valence-corrected chi connectivity index (χ0v) is 19.9. The summed E-state index contributed by atoms with van der Waals surface area (Å²) in [5, 5.41) is 0. The molecule has 2 aliphatic heterocycles. The van der Waals surface area contributed by atoms with Gasteiger partial charge in [-0.15, -0.1) is 0 Å². The highest BCUT2D eigenvalue weighted by Crippen LogP contribution is 2.75. The summed E-state index contributed by atoms with van der Waals surface area (Å²) in [5.74, 6) is 3.29. The molecule has 2 heterocycles. The summed E-state index contributed by atoms with van der Waals surface area (Å²) in [6, 6.07) is 0. The fourth-order valence-electron chi connectivity index (χ4n) is 7.80. The predicted octanol–water partition coefficient (Wildman–Crippen LogP) is 3.76. The van der Waals surface area contributed by atoms with E-state index in [2.05, 4.69) is 11.8 Å². The second-order valence-electron chi connectivity index (χ2n) is 11.8. The van der Waals surface area contributed by atoms with E-state index in [1.54, 1.807) is 0 Å². The van der Waals surface area contributed by atoms with Crippen molar-refractivity contribution in [3.63, 3.8) is 0 Å². The van der Waals surface area contributed by atoms with Crippen molar-refractivity contribution in [2.24, 2.45) is 40.4 Å². The molecule has 0 aromatic carbocycles. The number of fused-ring (bicyclic) bond motifs is 5. The number of carbonyl (C=O) groups excluding carboxylic acids is 1. The van der Waals surface area contributed by atoms with Crippen LogP contribution in [0.2, 0.25) is 0 Å². The molecule has 31 heavy (non-hydrogen) atoms. The van der Waals surface area contributed by atoms with Crippen LogP contribution in [-0.4, -0.2) is 55.8 Å². The average Bonchev–Trinajstić information content (AvgIpc) is 3.57. The van der Waals surface area contributed by atoms with Crippen molar-refractivity contribution in [2.75, 3.05) is 25.9 Å². The van der Waals surface area contributed by atoms with E-state index < -0.39 is 10.1 Å². The minimum Gasteiger partial charge on any atom is -0.461 e. The monoisotopic (exact) mass is 453 g/mol. The van der Waals surface area contributed by atoms with Crippen LogP contribution in [0.5, 0.6) is 0 Å². The molecule has 6 rings (SSSR count). The molecule has 6 nitrogen and oxygen atoms in total. The Morgan fingerprint density at radius 2 is 1.58 bits per heavy atom. The number of carbonyl (C=O) groups is 1. The van der Waals surface area contributed by atoms with Gasteiger partial charge in [-0.3, -0.25) is 9.35 Å². The van der Waals surface area contributed by atoms with Crippen LogP contribution in [0, 0.1) is 40.4 Å². The van der Waals surface area contributed by atoms with Crippen molar-refractivity contribution in [1.82, 2.24) is 4.90 Å². The molecule has 0 bridgehead atoms. The highest BCUT2D eigenvalue weighted by molar-refractivity contribution is 7.85. The van der Waals surface area contributed by atoms with Crippen molar-refractivity contribution in [2.45, 2.75) is 77.2 Å². The maximum Gasteiger partial charge on any atom is 0.310 e. The van der Waals surface area contributed by atoms with Crippen LogP contribution in [0.4, 0.5) is 0 Å². The molecule has 5 atom stereocenters. The van der Waals surface area contributed by atoms with Crippen LogP contribution in [0.3, 0.4) is 0 Å². The predicted molar refractivity (Wildman–Crippen MR) is 118 cm³/mol. The molecule has 0 aromatic rings. The molecular weight excluding hydrogens is 414 g/mol. The van der Waals surface area contributed by atoms with E-state index in [-0.39, 0.29) is 18.0 Å². The molecule has 7 heteroatoms. The van der Waals surface area contributed by atoms with Gasteiger partial charge in [-0.05, 0) is 100.0 Å². The van der Waals surface area contributed by atoms with Crippen molar-refractivity contribution in [1.29, 1.82) is 0 Å². The quantitative estimate of drug-likeness (QED) is 0.506. The lowest BCUT2D eigenvalue weighted by Gasteiger charge is -2.34. The van der Waals surface area contributed by atoms with Crippen molar-refractivity contribution >= 4 is 16.1 Å². The first kappa shape index (κ1) is 22.1. The number of esters is 1. The van der Waals surface area contributed by atoms with Gasteiger partial charge in [-0.25, -0.2) is 0 Å². The summed E-state index contributed by atoms with van der Waals surface area (Å²) in [6.45, 7) is 5.71. The topological polar surface area (TPSA) is 83.9 Å². The zero-order chi connectivity index (χ0) is 22.0. The molecule has 1 N–H and O–H groups in total. The van der Waals surface area contributed by atoms with Crippen LogP contribution in [0.1, 0.15) is 71.1 Å². The zero-order valence-electron chi connectivity index (χ0n) is 19.1. The number of likely N-dealkylation sites (tertiary alicyclic amines) is 1. The maximum atomic E-state index is 12.9. The molecule has 0 aromatic heterocycles. The first-order chi connectivity index (χ1) is 14.6. The van der Waals surface area contributed by atoms with Gasteiger partial charge in [0.05, 0.1) is 12.2 Å². The molecule has 6 aliphatic rings. The molecule has 0 unspecified atom stereocenters. The fourth-order valence-corrected chi connectivity index (χ4v) is 7.80. The van der Waals surface area contributed by atoms with Crippen LogP contribution >= 0.6 is 0 Å². The SMILES string of the molecule is CC1CCN(C[C@@H]2C(=O)O[C@H]3[C@H]2CCC2(CC2)[C@@H]2CCC4(CC4)[C@H]32)CC1.CS(=O)(=O)O. The summed E-state index contributed by atoms with van der Waals surface area (Å²) in [7, 11) is -3.67. The highest BCUT2D eigenvalue weighted by atomic mass is 32.2. The largest absolute Gasteiger partial charge is 0.461 e. The second-order valence-corrected chi connectivity index (χ2v) is 13.3. The van der Waals surface area contributed by atoms with E-state index in [1.807, 2.05) is 0 Å². The van der Waals surface area contributed by atoms with E-state index >= 15 is 0 Å². The van der Waals surface area contributed by atoms with Gasteiger partial charge in [0.2, 0.25) is 0 Å². The smallest absolute Gasteiger partial charge is 0.310 e. The summed E-state index contributed by atoms with van der Waals surface area (Å²) >= 11 is 0. The Morgan fingerprint density at radius 3 is 2.16 bits per heavy atom. The van der Waals surface area contributed by atoms with Gasteiger partial charge in [-0.2, -0.15) is 8.42 Å². The van der Waals surface area contributed by atoms with Gasteiger partial charge in [0.25, 0.3) is 10.1 Å². The molecule has 0 amide bonds. The third-order valence-electron chi connectivity index (χ3n) is 9.82. The Hall–Kier alpha value is -0.660. The van der Waals surface area contributed by atoms with Crippen LogP contribution < -0.4 is 0 Å². The molecule has 2 spiro atoms. The summed E-state index contributed by atoms with van der Waals surface area (Å²) in [6.07, 6.45) is 14.8. The van der Waals surface area contributed by atoms with E-state index in [0.717, 1.165) is 18.4 Å². The molecule has 176 valence electrons. The lowest BCUT2D eigenvalue weighted by molar-refractivity contribution is -0.148. The lowest BCUT2D eigenvalue weighted by Crippen LogP contribution is -2.40. The van der Waals surface area contributed by atoms with Gasteiger partial charge in [0, 0.05) is 18.4 Å². The molecule has 2 saturated heterocycles. The van der Waals surface area contributed by atoms with Gasteiger partial charge < -0.3 is 9.64 Å². The summed E-state index contributed by atoms with van der Waals surface area (Å²) < 4.78 is 32.1. The van der Waals surface area contributed by atoms with Crippen LogP contribution in [-0.2, 0) is 19.6 Å². The Morgan fingerprint density at radius 1 is 1.00 bits per heavy atom. The third-order valence-corrected chi connectivity index (χ3v) is 9.82. The number of ether oxygens (including phenoxy) is 1. The molecular formula is C24H39NO5S. The Balaban J connectivity index is 0.000000371. The number of rotatable bonds is 2. The number of hydrogen-bond donors (Lipinski definition) is 1. The third kappa shape index (κ3) is 4.31. The van der Waals surface area contributed by atoms with Gasteiger partial charge in [0.1, 0.15) is 6.10 Å². The van der Waals surface area contributed by atoms with Gasteiger partial charge in [-0.1, -0.05) is 6.92 Å². The first-order valence-electron chi connectivity index (χ1n) is 12.5. The number of hydrogen-bond acceptors (Lipinski definition) is 5. The standard InChI is InChI=1S/C23H35NO2.CH4O3S/c1-15-4-12-24(13-5-15)14-17-16-2-6-22(8-9-22)18-3-7-23(10-11-23)19(18)20(16)26-21(17)25;1-5(2,3)4/h15-20H,2-14H2,1H3;1H3,(H,2,3,4)/t16-,17-,18+,19-,20-;/m0./s1. The van der Waals surface area contributed by atoms with E-state index in [9.17, 15) is 13.2 Å². The van der Waals surface area contributed by atoms with Crippen molar-refractivity contribution < 1.29 is 22.5 Å². The normalized spacial score (nSPS) is 40.5. The fraction of sp³-hybridized carbons (Fsp3) is 0.958. The minimum absolute atomic E-state index is 0.159. The molecule has 6 fully saturated rings.